The van der Waals surface area contributed by atoms with Crippen LogP contribution in [0, 0.1) is 6.92 Å². The molecule has 0 radical (unpaired) electrons. The Balaban J connectivity index is 2.12. The van der Waals surface area contributed by atoms with E-state index in [2.05, 4.69) is 10.3 Å². The molecule has 2 nitrogen and oxygen atoms in total. The first-order chi connectivity index (χ1) is 7.66. The number of hydrogen-bond donors (Lipinski definition) is 1. The second-order valence-corrected chi connectivity index (χ2v) is 5.15. The first kappa shape index (κ1) is 11.7. The van der Waals surface area contributed by atoms with Gasteiger partial charge in [0.15, 0.2) is 0 Å². The normalized spacial score (nSPS) is 10.4. The number of benzene rings is 1. The summed E-state index contributed by atoms with van der Waals surface area (Å²) in [7, 11) is 0. The average molecular weight is 273 g/mol. The Bertz CT molecular complexity index is 483. The third kappa shape index (κ3) is 2.67. The molecule has 0 atom stereocenters. The van der Waals surface area contributed by atoms with Gasteiger partial charge in [0.1, 0.15) is 5.01 Å². The molecule has 1 heterocycles. The van der Waals surface area contributed by atoms with Crippen LogP contribution in [-0.4, -0.2) is 4.98 Å². The van der Waals surface area contributed by atoms with Crippen LogP contribution in [0.1, 0.15) is 10.6 Å². The van der Waals surface area contributed by atoms with E-state index in [0.29, 0.717) is 16.6 Å². The van der Waals surface area contributed by atoms with E-state index in [1.165, 1.54) is 0 Å². The van der Waals surface area contributed by atoms with E-state index >= 15 is 0 Å². The van der Waals surface area contributed by atoms with Crippen LogP contribution < -0.4 is 5.32 Å². The molecule has 0 saturated heterocycles. The van der Waals surface area contributed by atoms with Crippen LogP contribution in [0.4, 0.5) is 5.69 Å². The minimum absolute atomic E-state index is 0.663. The van der Waals surface area contributed by atoms with Gasteiger partial charge in [-0.1, -0.05) is 23.2 Å². The predicted octanol–water partition coefficient (Wildman–Crippen LogP) is 4.37. The van der Waals surface area contributed by atoms with Gasteiger partial charge in [-0.25, -0.2) is 4.98 Å². The summed E-state index contributed by atoms with van der Waals surface area (Å²) in [5.74, 6) is 0. The van der Waals surface area contributed by atoms with Gasteiger partial charge in [0, 0.05) is 16.6 Å². The quantitative estimate of drug-likeness (QED) is 0.898. The van der Waals surface area contributed by atoms with E-state index in [0.717, 1.165) is 16.3 Å². The van der Waals surface area contributed by atoms with E-state index in [-0.39, 0.29) is 0 Å². The van der Waals surface area contributed by atoms with Crippen molar-refractivity contribution < 1.29 is 0 Å². The summed E-state index contributed by atoms with van der Waals surface area (Å²) in [6.45, 7) is 2.59. The largest absolute Gasteiger partial charge is 0.377 e. The highest BCUT2D eigenvalue weighted by molar-refractivity contribution is 7.09. The van der Waals surface area contributed by atoms with Crippen LogP contribution in [0.2, 0.25) is 10.0 Å². The molecule has 1 aromatic carbocycles. The van der Waals surface area contributed by atoms with Crippen LogP contribution in [0.15, 0.2) is 23.7 Å². The van der Waals surface area contributed by atoms with Crippen LogP contribution in [-0.2, 0) is 6.54 Å². The van der Waals surface area contributed by atoms with Gasteiger partial charge in [0.05, 0.1) is 17.3 Å². The molecule has 0 aliphatic rings. The van der Waals surface area contributed by atoms with Gasteiger partial charge >= 0.3 is 0 Å². The van der Waals surface area contributed by atoms with E-state index in [1.54, 1.807) is 17.5 Å². The maximum Gasteiger partial charge on any atom is 0.112 e. The highest BCUT2D eigenvalue weighted by Gasteiger charge is 2.04. The molecule has 0 fully saturated rings. The Morgan fingerprint density at radius 3 is 2.81 bits per heavy atom. The van der Waals surface area contributed by atoms with Crippen molar-refractivity contribution in [3.63, 3.8) is 0 Å². The maximum absolute atomic E-state index is 6.10. The number of hydrogen-bond acceptors (Lipinski definition) is 3. The molecular weight excluding hydrogens is 263 g/mol. The summed E-state index contributed by atoms with van der Waals surface area (Å²) in [6.07, 6.45) is 1.78. The number of halogens is 2. The van der Waals surface area contributed by atoms with Crippen LogP contribution >= 0.6 is 34.5 Å². The Morgan fingerprint density at radius 2 is 2.12 bits per heavy atom. The molecule has 0 unspecified atom stereocenters. The van der Waals surface area contributed by atoms with Crippen molar-refractivity contribution in [3.8, 4) is 0 Å². The van der Waals surface area contributed by atoms with Crippen molar-refractivity contribution in [2.45, 2.75) is 13.5 Å². The molecule has 1 aromatic heterocycles. The molecule has 16 heavy (non-hydrogen) atoms. The second kappa shape index (κ2) is 5.04. The summed E-state index contributed by atoms with van der Waals surface area (Å²) in [4.78, 5) is 4.18. The number of thiazole rings is 1. The van der Waals surface area contributed by atoms with Gasteiger partial charge in [0.2, 0.25) is 0 Å². The van der Waals surface area contributed by atoms with E-state index in [1.807, 2.05) is 24.4 Å². The van der Waals surface area contributed by atoms with Gasteiger partial charge in [0.25, 0.3) is 0 Å². The Morgan fingerprint density at radius 1 is 1.31 bits per heavy atom. The van der Waals surface area contributed by atoms with Crippen LogP contribution in [0.25, 0.3) is 0 Å². The molecule has 0 spiro atoms. The maximum atomic E-state index is 6.10. The third-order valence-corrected chi connectivity index (χ3v) is 3.66. The van der Waals surface area contributed by atoms with E-state index in [4.69, 9.17) is 23.2 Å². The van der Waals surface area contributed by atoms with E-state index in [9.17, 15) is 0 Å². The van der Waals surface area contributed by atoms with Crippen LogP contribution in [0.3, 0.4) is 0 Å². The molecular formula is C11H10Cl2N2S. The topological polar surface area (TPSA) is 24.9 Å². The lowest BCUT2D eigenvalue weighted by Crippen LogP contribution is -1.99. The Kier molecular flexibility index (Phi) is 3.69. The minimum atomic E-state index is 0.663. The molecule has 0 amide bonds. The van der Waals surface area contributed by atoms with Gasteiger partial charge < -0.3 is 5.32 Å². The molecule has 2 aromatic rings. The second-order valence-electron chi connectivity index (χ2n) is 3.36. The van der Waals surface area contributed by atoms with Crippen molar-refractivity contribution in [2.75, 3.05) is 5.32 Å². The molecule has 1 N–H and O–H groups in total. The van der Waals surface area contributed by atoms with Crippen LogP contribution in [0.5, 0.6) is 0 Å². The zero-order valence-electron chi connectivity index (χ0n) is 8.63. The summed E-state index contributed by atoms with van der Waals surface area (Å²) < 4.78 is 0. The zero-order valence-corrected chi connectivity index (χ0v) is 11.0. The molecule has 0 aliphatic carbocycles. The SMILES string of the molecule is Cc1cc(Cl)c(NCc2nccs2)cc1Cl. The summed E-state index contributed by atoms with van der Waals surface area (Å²) in [5.41, 5.74) is 1.82. The molecule has 0 saturated carbocycles. The number of rotatable bonds is 3. The van der Waals surface area contributed by atoms with Gasteiger partial charge in [-0.3, -0.25) is 0 Å². The fourth-order valence-corrected chi connectivity index (χ4v) is 2.30. The number of aromatic nitrogens is 1. The highest BCUT2D eigenvalue weighted by atomic mass is 35.5. The van der Waals surface area contributed by atoms with Gasteiger partial charge in [-0.2, -0.15) is 0 Å². The first-order valence-electron chi connectivity index (χ1n) is 4.74. The van der Waals surface area contributed by atoms with Crippen molar-refractivity contribution in [1.82, 2.24) is 4.98 Å². The molecule has 0 bridgehead atoms. The lowest BCUT2D eigenvalue weighted by molar-refractivity contribution is 1.10. The monoisotopic (exact) mass is 272 g/mol. The first-order valence-corrected chi connectivity index (χ1v) is 6.38. The predicted molar refractivity (Wildman–Crippen MR) is 70.6 cm³/mol. The zero-order chi connectivity index (χ0) is 11.5. The van der Waals surface area contributed by atoms with Crippen molar-refractivity contribution in [1.29, 1.82) is 0 Å². The lowest BCUT2D eigenvalue weighted by Gasteiger charge is -2.08. The van der Waals surface area contributed by atoms with Gasteiger partial charge in [-0.15, -0.1) is 11.3 Å². The van der Waals surface area contributed by atoms with Gasteiger partial charge in [-0.05, 0) is 24.6 Å². The fourth-order valence-electron chi connectivity index (χ4n) is 1.29. The summed E-state index contributed by atoms with van der Waals surface area (Å²) >= 11 is 13.7. The van der Waals surface area contributed by atoms with Crippen molar-refractivity contribution in [3.05, 3.63) is 44.3 Å². The number of aryl methyl sites for hydroxylation is 1. The Labute approximate surface area is 108 Å². The highest BCUT2D eigenvalue weighted by Crippen LogP contribution is 2.29. The molecule has 2 rings (SSSR count). The Hall–Kier alpha value is -0.770. The summed E-state index contributed by atoms with van der Waals surface area (Å²) in [6, 6.07) is 3.70. The molecule has 0 aliphatic heterocycles. The molecule has 5 heteroatoms. The van der Waals surface area contributed by atoms with Crippen molar-refractivity contribution >= 4 is 40.2 Å². The smallest absolute Gasteiger partial charge is 0.112 e. The number of nitrogens with zero attached hydrogens (tertiary/aromatic N) is 1. The summed E-state index contributed by atoms with van der Waals surface area (Å²) in [5, 5.41) is 7.57. The minimum Gasteiger partial charge on any atom is -0.377 e. The van der Waals surface area contributed by atoms with E-state index < -0.39 is 0 Å². The average Bonchev–Trinajstić information content (AvgIpc) is 2.74. The number of nitrogens with one attached hydrogen (secondary N) is 1. The lowest BCUT2D eigenvalue weighted by atomic mass is 10.2. The van der Waals surface area contributed by atoms with Crippen molar-refractivity contribution in [2.24, 2.45) is 0 Å². The fraction of sp³-hybridized carbons (Fsp3) is 0.182. The standard InChI is InChI=1S/C11H10Cl2N2S/c1-7-4-9(13)10(5-8(7)12)15-6-11-14-2-3-16-11/h2-5,15H,6H2,1H3. The molecule has 84 valence electrons. The number of anilines is 1. The third-order valence-electron chi connectivity index (χ3n) is 2.16.